The van der Waals surface area contributed by atoms with Crippen LogP contribution in [0.2, 0.25) is 0 Å². The van der Waals surface area contributed by atoms with Crippen LogP contribution < -0.4 is 16.6 Å². The third-order valence-corrected chi connectivity index (χ3v) is 0.917. The molecule has 1 heterocycles. The van der Waals surface area contributed by atoms with E-state index in [9.17, 15) is 4.79 Å². The summed E-state index contributed by atoms with van der Waals surface area (Å²) < 4.78 is 0. The molecule has 1 amide bonds. The van der Waals surface area contributed by atoms with Crippen LogP contribution in [0.25, 0.3) is 0 Å². The Bertz CT molecular complexity index is 131. The molecule has 8 heavy (non-hydrogen) atoms. The Balaban J connectivity index is 2.48. The number of carbonyl (C=O) groups excluding carboxylic acids is 1. The van der Waals surface area contributed by atoms with Crippen LogP contribution in [0.15, 0.2) is 12.3 Å². The molecular weight excluding hydrogens is 106 g/mol. The fourth-order valence-electron chi connectivity index (χ4n) is 0.496. The van der Waals surface area contributed by atoms with Gasteiger partial charge in [0.15, 0.2) is 0 Å². The fraction of sp³-hybridized carbons (Fsp3) is 0.250. The number of rotatable bonds is 1. The molecule has 1 aliphatic heterocycles. The average molecular weight is 113 g/mol. The van der Waals surface area contributed by atoms with Crippen molar-refractivity contribution < 1.29 is 4.79 Å². The van der Waals surface area contributed by atoms with E-state index in [0.717, 1.165) is 0 Å². The number of nitrogens with one attached hydrogen (secondary N) is 2. The summed E-state index contributed by atoms with van der Waals surface area (Å²) >= 11 is 0. The van der Waals surface area contributed by atoms with Gasteiger partial charge in [-0.05, 0) is 6.08 Å². The highest BCUT2D eigenvalue weighted by molar-refractivity contribution is 5.82. The maximum atomic E-state index is 10.3. The van der Waals surface area contributed by atoms with Crippen LogP contribution in [-0.4, -0.2) is 11.9 Å². The molecule has 0 aliphatic carbocycles. The van der Waals surface area contributed by atoms with Crippen molar-refractivity contribution in [1.82, 2.24) is 10.9 Å². The van der Waals surface area contributed by atoms with Gasteiger partial charge < -0.3 is 11.2 Å². The zero-order valence-electron chi connectivity index (χ0n) is 4.22. The minimum absolute atomic E-state index is 0.338. The second-order valence-corrected chi connectivity index (χ2v) is 1.53. The summed E-state index contributed by atoms with van der Waals surface area (Å²) in [6.45, 7) is 0. The van der Waals surface area contributed by atoms with E-state index in [4.69, 9.17) is 5.73 Å². The maximum absolute atomic E-state index is 10.3. The van der Waals surface area contributed by atoms with Gasteiger partial charge in [0.25, 0.3) is 0 Å². The zero-order chi connectivity index (χ0) is 5.98. The number of hydrogen-bond donors (Lipinski definition) is 3. The predicted octanol–water partition coefficient (Wildman–Crippen LogP) is -1.54. The van der Waals surface area contributed by atoms with Crippen LogP contribution in [0.1, 0.15) is 0 Å². The normalized spacial score (nSPS) is 25.2. The Kier molecular flexibility index (Phi) is 1.17. The molecule has 0 spiro atoms. The Labute approximate surface area is 46.7 Å². The maximum Gasteiger partial charge on any atom is 0.240 e. The van der Waals surface area contributed by atoms with Crippen LogP contribution in [0.5, 0.6) is 0 Å². The van der Waals surface area contributed by atoms with Crippen LogP contribution in [0.3, 0.4) is 0 Å². The molecule has 0 aromatic heterocycles. The van der Waals surface area contributed by atoms with Crippen LogP contribution >= 0.6 is 0 Å². The van der Waals surface area contributed by atoms with Gasteiger partial charge in [-0.1, -0.05) is 0 Å². The van der Waals surface area contributed by atoms with Crippen LogP contribution in [0.4, 0.5) is 0 Å². The summed E-state index contributed by atoms with van der Waals surface area (Å²) in [7, 11) is 0. The summed E-state index contributed by atoms with van der Waals surface area (Å²) in [5.74, 6) is -0.369. The average Bonchev–Trinajstić information content (AvgIpc) is 2.12. The van der Waals surface area contributed by atoms with E-state index in [-0.39, 0.29) is 11.9 Å². The fourth-order valence-corrected chi connectivity index (χ4v) is 0.496. The number of carbonyl (C=O) groups is 1. The molecule has 0 aromatic rings. The van der Waals surface area contributed by atoms with Crippen molar-refractivity contribution in [2.45, 2.75) is 6.04 Å². The van der Waals surface area contributed by atoms with Gasteiger partial charge in [-0.3, -0.25) is 4.79 Å². The van der Waals surface area contributed by atoms with Gasteiger partial charge in [0, 0.05) is 6.20 Å². The predicted molar refractivity (Wildman–Crippen MR) is 28.4 cm³/mol. The molecule has 44 valence electrons. The lowest BCUT2D eigenvalue weighted by molar-refractivity contribution is -0.118. The Hall–Kier alpha value is -1.03. The molecule has 0 fully saturated rings. The molecule has 4 nitrogen and oxygen atoms in total. The number of hydrogen-bond acceptors (Lipinski definition) is 3. The second kappa shape index (κ2) is 1.83. The van der Waals surface area contributed by atoms with Gasteiger partial charge in [-0.2, -0.15) is 0 Å². The van der Waals surface area contributed by atoms with Gasteiger partial charge in [0.05, 0.1) is 0 Å². The summed E-state index contributed by atoms with van der Waals surface area (Å²) in [5.41, 5.74) is 10.1. The molecule has 0 bridgehead atoms. The van der Waals surface area contributed by atoms with E-state index in [0.29, 0.717) is 0 Å². The number of hydrazine groups is 1. The van der Waals surface area contributed by atoms with Crippen LogP contribution in [-0.2, 0) is 4.79 Å². The van der Waals surface area contributed by atoms with E-state index in [1.165, 1.54) is 0 Å². The molecule has 0 saturated carbocycles. The third kappa shape index (κ3) is 0.788. The molecule has 1 atom stereocenters. The Morgan fingerprint density at radius 2 is 2.50 bits per heavy atom. The van der Waals surface area contributed by atoms with Crippen molar-refractivity contribution in [2.75, 3.05) is 0 Å². The summed E-state index contributed by atoms with van der Waals surface area (Å²) in [6, 6.07) is -0.338. The van der Waals surface area contributed by atoms with Crippen molar-refractivity contribution in [1.29, 1.82) is 0 Å². The second-order valence-electron chi connectivity index (χ2n) is 1.53. The molecule has 0 saturated heterocycles. The van der Waals surface area contributed by atoms with Crippen LogP contribution in [0, 0.1) is 0 Å². The minimum atomic E-state index is -0.369. The van der Waals surface area contributed by atoms with Gasteiger partial charge in [-0.15, -0.1) is 0 Å². The topological polar surface area (TPSA) is 67.2 Å². The standard InChI is InChI=1S/C4H7N3O/c5-4(8)3-1-2-6-7-3/h1-3,6-7H,(H2,5,8). The van der Waals surface area contributed by atoms with E-state index < -0.39 is 0 Å². The highest BCUT2D eigenvalue weighted by atomic mass is 16.1. The van der Waals surface area contributed by atoms with Gasteiger partial charge in [-0.25, -0.2) is 5.43 Å². The molecule has 1 aliphatic rings. The van der Waals surface area contributed by atoms with Crippen molar-refractivity contribution in [2.24, 2.45) is 5.73 Å². The summed E-state index contributed by atoms with van der Waals surface area (Å²) in [6.07, 6.45) is 3.29. The lowest BCUT2D eigenvalue weighted by Crippen LogP contribution is -2.40. The summed E-state index contributed by atoms with van der Waals surface area (Å²) in [5, 5.41) is 0. The largest absolute Gasteiger partial charge is 0.368 e. The lowest BCUT2D eigenvalue weighted by Gasteiger charge is -2.00. The van der Waals surface area contributed by atoms with Crippen molar-refractivity contribution >= 4 is 5.91 Å². The Morgan fingerprint density at radius 3 is 2.75 bits per heavy atom. The van der Waals surface area contributed by atoms with E-state index >= 15 is 0 Å². The first kappa shape index (κ1) is 5.11. The van der Waals surface area contributed by atoms with Gasteiger partial charge >= 0.3 is 0 Å². The van der Waals surface area contributed by atoms with Gasteiger partial charge in [0.2, 0.25) is 5.91 Å². The monoisotopic (exact) mass is 113 g/mol. The molecule has 1 unspecified atom stereocenters. The number of amides is 1. The van der Waals surface area contributed by atoms with E-state index in [2.05, 4.69) is 10.9 Å². The quantitative estimate of drug-likeness (QED) is 0.386. The van der Waals surface area contributed by atoms with Crippen molar-refractivity contribution in [3.63, 3.8) is 0 Å². The zero-order valence-corrected chi connectivity index (χ0v) is 4.22. The summed E-state index contributed by atoms with van der Waals surface area (Å²) in [4.78, 5) is 10.3. The number of primary amides is 1. The first-order valence-electron chi connectivity index (χ1n) is 2.28. The van der Waals surface area contributed by atoms with Crippen molar-refractivity contribution in [3.05, 3.63) is 12.3 Å². The SMILES string of the molecule is NC(=O)C1C=CNN1. The first-order chi connectivity index (χ1) is 3.80. The minimum Gasteiger partial charge on any atom is -0.368 e. The van der Waals surface area contributed by atoms with E-state index in [1.807, 2.05) is 0 Å². The molecule has 0 aromatic carbocycles. The van der Waals surface area contributed by atoms with Gasteiger partial charge in [0.1, 0.15) is 6.04 Å². The van der Waals surface area contributed by atoms with E-state index in [1.54, 1.807) is 12.3 Å². The molecule has 0 radical (unpaired) electrons. The number of nitrogens with two attached hydrogens (primary N) is 1. The molecular formula is C4H7N3O. The first-order valence-corrected chi connectivity index (χ1v) is 2.28. The Morgan fingerprint density at radius 1 is 1.75 bits per heavy atom. The molecule has 1 rings (SSSR count). The molecule has 4 N–H and O–H groups in total. The lowest BCUT2D eigenvalue weighted by atomic mass is 10.3. The smallest absolute Gasteiger partial charge is 0.240 e. The third-order valence-electron chi connectivity index (χ3n) is 0.917. The van der Waals surface area contributed by atoms with Crippen molar-refractivity contribution in [3.8, 4) is 0 Å². The molecule has 4 heteroatoms. The highest BCUT2D eigenvalue weighted by Crippen LogP contribution is 1.86. The highest BCUT2D eigenvalue weighted by Gasteiger charge is 2.12.